The SMILES string of the molecule is O=C1Nc2ccccc2/C1=C\c1sc(N2CCCCC2)nc1-c1ccccc1. The minimum Gasteiger partial charge on any atom is -0.348 e. The Morgan fingerprint density at radius 3 is 2.54 bits per heavy atom. The first kappa shape index (κ1) is 17.2. The maximum absolute atomic E-state index is 12.6. The topological polar surface area (TPSA) is 45.2 Å². The van der Waals surface area contributed by atoms with Gasteiger partial charge in [-0.1, -0.05) is 59.9 Å². The quantitative estimate of drug-likeness (QED) is 0.621. The fourth-order valence-electron chi connectivity index (χ4n) is 3.85. The number of hydrogen-bond donors (Lipinski definition) is 1. The highest BCUT2D eigenvalue weighted by atomic mass is 32.1. The van der Waals surface area contributed by atoms with E-state index in [9.17, 15) is 4.79 Å². The van der Waals surface area contributed by atoms with E-state index < -0.39 is 0 Å². The zero-order valence-electron chi connectivity index (χ0n) is 15.5. The molecule has 1 saturated heterocycles. The van der Waals surface area contributed by atoms with Crippen molar-refractivity contribution in [3.8, 4) is 11.3 Å². The van der Waals surface area contributed by atoms with E-state index in [1.165, 1.54) is 19.3 Å². The third kappa shape index (κ3) is 3.12. The Kier molecular flexibility index (Phi) is 4.45. The Hall–Kier alpha value is -2.92. The van der Waals surface area contributed by atoms with Crippen LogP contribution < -0.4 is 10.2 Å². The molecule has 1 amide bonds. The highest BCUT2D eigenvalue weighted by Crippen LogP contribution is 2.39. The Morgan fingerprint density at radius 2 is 1.71 bits per heavy atom. The number of hydrogen-bond acceptors (Lipinski definition) is 4. The summed E-state index contributed by atoms with van der Waals surface area (Å²) in [6.45, 7) is 2.11. The molecule has 0 bridgehead atoms. The number of thiazole rings is 1. The van der Waals surface area contributed by atoms with Gasteiger partial charge in [-0.3, -0.25) is 4.79 Å². The third-order valence-corrected chi connectivity index (χ3v) is 6.36. The van der Waals surface area contributed by atoms with Crippen molar-refractivity contribution < 1.29 is 4.79 Å². The van der Waals surface area contributed by atoms with Gasteiger partial charge in [-0.15, -0.1) is 0 Å². The molecular weight excluding hydrogens is 366 g/mol. The number of amides is 1. The minimum atomic E-state index is -0.0480. The van der Waals surface area contributed by atoms with Gasteiger partial charge in [0.05, 0.1) is 16.1 Å². The van der Waals surface area contributed by atoms with Crippen molar-refractivity contribution >= 4 is 39.7 Å². The van der Waals surface area contributed by atoms with E-state index in [0.717, 1.165) is 45.6 Å². The average Bonchev–Trinajstić information content (AvgIpc) is 3.31. The predicted molar refractivity (Wildman–Crippen MR) is 117 cm³/mol. The number of nitrogens with zero attached hydrogens (tertiary/aromatic N) is 2. The van der Waals surface area contributed by atoms with Crippen LogP contribution in [0.25, 0.3) is 22.9 Å². The van der Waals surface area contributed by atoms with E-state index in [4.69, 9.17) is 4.98 Å². The van der Waals surface area contributed by atoms with Crippen LogP contribution >= 0.6 is 11.3 Å². The lowest BCUT2D eigenvalue weighted by Crippen LogP contribution is -2.29. The molecule has 3 aromatic rings. The molecule has 140 valence electrons. The van der Waals surface area contributed by atoms with Gasteiger partial charge in [0.1, 0.15) is 0 Å². The molecule has 1 fully saturated rings. The van der Waals surface area contributed by atoms with Gasteiger partial charge < -0.3 is 10.2 Å². The van der Waals surface area contributed by atoms with Crippen LogP contribution in [0.5, 0.6) is 0 Å². The van der Waals surface area contributed by atoms with Crippen molar-refractivity contribution in [2.75, 3.05) is 23.3 Å². The van der Waals surface area contributed by atoms with Gasteiger partial charge in [-0.05, 0) is 31.4 Å². The first-order valence-corrected chi connectivity index (χ1v) is 10.5. The van der Waals surface area contributed by atoms with Gasteiger partial charge in [-0.2, -0.15) is 0 Å². The molecule has 4 nitrogen and oxygen atoms in total. The predicted octanol–water partition coefficient (Wildman–Crippen LogP) is 5.29. The summed E-state index contributed by atoms with van der Waals surface area (Å²) < 4.78 is 0. The van der Waals surface area contributed by atoms with Gasteiger partial charge in [-0.25, -0.2) is 4.98 Å². The summed E-state index contributed by atoms with van der Waals surface area (Å²) in [7, 11) is 0. The Balaban J connectivity index is 1.62. The van der Waals surface area contributed by atoms with Crippen LogP contribution in [0.3, 0.4) is 0 Å². The van der Waals surface area contributed by atoms with E-state index >= 15 is 0 Å². The largest absolute Gasteiger partial charge is 0.348 e. The zero-order chi connectivity index (χ0) is 18.9. The van der Waals surface area contributed by atoms with Crippen molar-refractivity contribution in [1.82, 2.24) is 4.98 Å². The summed E-state index contributed by atoms with van der Waals surface area (Å²) in [4.78, 5) is 21.0. The number of carbonyl (C=O) groups excluding carboxylic acids is 1. The molecule has 2 aromatic carbocycles. The first-order valence-electron chi connectivity index (χ1n) is 9.73. The van der Waals surface area contributed by atoms with Crippen molar-refractivity contribution in [2.45, 2.75) is 19.3 Å². The lowest BCUT2D eigenvalue weighted by molar-refractivity contribution is -0.110. The van der Waals surface area contributed by atoms with Crippen molar-refractivity contribution in [3.05, 3.63) is 65.0 Å². The number of aromatic nitrogens is 1. The maximum atomic E-state index is 12.6. The van der Waals surface area contributed by atoms with Gasteiger partial charge in [0.15, 0.2) is 5.13 Å². The van der Waals surface area contributed by atoms with Crippen LogP contribution in [0.4, 0.5) is 10.8 Å². The molecule has 28 heavy (non-hydrogen) atoms. The number of rotatable bonds is 3. The molecule has 2 aliphatic heterocycles. The highest BCUT2D eigenvalue weighted by Gasteiger charge is 2.25. The molecule has 2 aliphatic rings. The van der Waals surface area contributed by atoms with Crippen molar-refractivity contribution in [3.63, 3.8) is 0 Å². The molecule has 3 heterocycles. The van der Waals surface area contributed by atoms with Crippen molar-refractivity contribution in [2.24, 2.45) is 0 Å². The fraction of sp³-hybridized carbons (Fsp3) is 0.217. The van der Waals surface area contributed by atoms with Crippen LogP contribution in [0.1, 0.15) is 29.7 Å². The van der Waals surface area contributed by atoms with Crippen LogP contribution in [0, 0.1) is 0 Å². The standard InChI is InChI=1S/C23H21N3OS/c27-22-18(17-11-5-6-12-19(17)24-22)15-20-21(16-9-3-1-4-10-16)25-23(28-20)26-13-7-2-8-14-26/h1,3-6,9-12,15H,2,7-8,13-14H2,(H,24,27)/b18-15+. The normalized spacial score (nSPS) is 17.6. The monoisotopic (exact) mass is 387 g/mol. The van der Waals surface area contributed by atoms with Gasteiger partial charge >= 0.3 is 0 Å². The number of benzene rings is 2. The molecule has 1 N–H and O–H groups in total. The number of fused-ring (bicyclic) bond motifs is 1. The zero-order valence-corrected chi connectivity index (χ0v) is 16.3. The molecule has 0 saturated carbocycles. The van der Waals surface area contributed by atoms with E-state index in [-0.39, 0.29) is 5.91 Å². The Bertz CT molecular complexity index is 1050. The smallest absolute Gasteiger partial charge is 0.256 e. The molecule has 1 aromatic heterocycles. The number of para-hydroxylation sites is 1. The van der Waals surface area contributed by atoms with Gasteiger partial charge in [0.2, 0.25) is 0 Å². The first-order chi connectivity index (χ1) is 13.8. The molecular formula is C23H21N3OS. The fourth-order valence-corrected chi connectivity index (χ4v) is 4.94. The van der Waals surface area contributed by atoms with Crippen molar-refractivity contribution in [1.29, 1.82) is 0 Å². The second-order valence-corrected chi connectivity index (χ2v) is 8.19. The lowest BCUT2D eigenvalue weighted by atomic mass is 10.0. The van der Waals surface area contributed by atoms with Crippen LogP contribution in [-0.2, 0) is 4.79 Å². The summed E-state index contributed by atoms with van der Waals surface area (Å²) in [6, 6.07) is 18.1. The molecule has 5 heteroatoms. The van der Waals surface area contributed by atoms with E-state index in [0.29, 0.717) is 5.57 Å². The third-order valence-electron chi connectivity index (χ3n) is 5.30. The van der Waals surface area contributed by atoms with E-state index in [1.807, 2.05) is 48.5 Å². The average molecular weight is 388 g/mol. The second-order valence-electron chi connectivity index (χ2n) is 7.18. The summed E-state index contributed by atoms with van der Waals surface area (Å²) in [6.07, 6.45) is 5.73. The molecule has 0 spiro atoms. The summed E-state index contributed by atoms with van der Waals surface area (Å²) in [5, 5.41) is 4.02. The summed E-state index contributed by atoms with van der Waals surface area (Å²) >= 11 is 1.68. The molecule has 5 rings (SSSR count). The maximum Gasteiger partial charge on any atom is 0.256 e. The molecule has 0 radical (unpaired) electrons. The Morgan fingerprint density at radius 1 is 0.964 bits per heavy atom. The molecule has 0 unspecified atom stereocenters. The minimum absolute atomic E-state index is 0.0480. The van der Waals surface area contributed by atoms with E-state index in [1.54, 1.807) is 11.3 Å². The van der Waals surface area contributed by atoms with Crippen LogP contribution in [0.15, 0.2) is 54.6 Å². The number of piperidine rings is 1. The highest BCUT2D eigenvalue weighted by molar-refractivity contribution is 7.17. The number of anilines is 2. The molecule has 0 aliphatic carbocycles. The second kappa shape index (κ2) is 7.24. The van der Waals surface area contributed by atoms with Gasteiger partial charge in [0.25, 0.3) is 5.91 Å². The lowest BCUT2D eigenvalue weighted by Gasteiger charge is -2.25. The number of carbonyl (C=O) groups is 1. The van der Waals surface area contributed by atoms with E-state index in [2.05, 4.69) is 22.3 Å². The summed E-state index contributed by atoms with van der Waals surface area (Å²) in [5.74, 6) is -0.0480. The molecule has 0 atom stereocenters. The van der Waals surface area contributed by atoms with Crippen LogP contribution in [-0.4, -0.2) is 24.0 Å². The number of nitrogens with one attached hydrogen (secondary N) is 1. The van der Waals surface area contributed by atoms with Gasteiger partial charge in [0, 0.05) is 29.9 Å². The van der Waals surface area contributed by atoms with Crippen LogP contribution in [0.2, 0.25) is 0 Å². The Labute approximate surface area is 168 Å². The summed E-state index contributed by atoms with van der Waals surface area (Å²) in [5.41, 5.74) is 4.58.